The number of hydrogen-bond donors (Lipinski definition) is 1. The van der Waals surface area contributed by atoms with Gasteiger partial charge in [0.1, 0.15) is 0 Å². The first kappa shape index (κ1) is 15.0. The minimum absolute atomic E-state index is 0.205. The van der Waals surface area contributed by atoms with E-state index in [1.165, 1.54) is 0 Å². The summed E-state index contributed by atoms with van der Waals surface area (Å²) >= 11 is 0. The summed E-state index contributed by atoms with van der Waals surface area (Å²) in [5, 5.41) is 2.27. The highest BCUT2D eigenvalue weighted by atomic mass is 19.4. The lowest BCUT2D eigenvalue weighted by Gasteiger charge is -2.32. The molecule has 0 saturated heterocycles. The number of halogens is 3. The molecule has 0 atom stereocenters. The molecule has 0 heterocycles. The maximum atomic E-state index is 11.7. The number of rotatable bonds is 4. The zero-order chi connectivity index (χ0) is 13.0. The fourth-order valence-electron chi connectivity index (χ4n) is 0.645. The molecule has 0 bridgehead atoms. The van der Waals surface area contributed by atoms with Crippen LogP contribution in [-0.2, 0) is 4.74 Å². The summed E-state index contributed by atoms with van der Waals surface area (Å²) in [5.41, 5.74) is -0.350. The smallest absolute Gasteiger partial charge is 0.422 e. The van der Waals surface area contributed by atoms with Gasteiger partial charge in [-0.15, -0.1) is 0 Å². The summed E-state index contributed by atoms with van der Waals surface area (Å²) in [5.74, 6) is 0. The predicted octanol–water partition coefficient (Wildman–Crippen LogP) is 1.62. The molecule has 1 amide bonds. The highest BCUT2D eigenvalue weighted by Gasteiger charge is 2.30. The van der Waals surface area contributed by atoms with Crippen LogP contribution in [0, 0.1) is 0 Å². The average molecular weight is 242 g/mol. The molecule has 7 heteroatoms. The molecule has 0 aliphatic rings. The summed E-state index contributed by atoms with van der Waals surface area (Å²) in [6.07, 6.45) is -5.55. The zero-order valence-corrected chi connectivity index (χ0v) is 9.81. The third-order valence-corrected chi connectivity index (χ3v) is 2.24. The lowest BCUT2D eigenvalue weighted by atomic mass is 10.1. The van der Waals surface area contributed by atoms with Crippen LogP contribution in [0.3, 0.4) is 0 Å². The van der Waals surface area contributed by atoms with E-state index in [1.807, 2.05) is 32.8 Å². The molecular weight excluding hydrogens is 225 g/mol. The van der Waals surface area contributed by atoms with Crippen molar-refractivity contribution in [1.29, 1.82) is 0 Å². The predicted molar refractivity (Wildman–Crippen MR) is 53.2 cm³/mol. The number of carbonyl (C=O) groups excluding carboxylic acids is 1. The van der Waals surface area contributed by atoms with Gasteiger partial charge >= 0.3 is 12.3 Å². The standard InChI is InChI=1S/C9H17F3N2O2/c1-8(2,14(3)4)5-13-7(15)16-6-9(10,11)12/h5-6H2,1-4H3,(H,13,15). The van der Waals surface area contributed by atoms with E-state index >= 15 is 0 Å². The van der Waals surface area contributed by atoms with Gasteiger partial charge < -0.3 is 15.0 Å². The molecule has 0 fully saturated rings. The van der Waals surface area contributed by atoms with E-state index in [0.29, 0.717) is 0 Å². The van der Waals surface area contributed by atoms with Crippen molar-refractivity contribution >= 4 is 6.09 Å². The van der Waals surface area contributed by atoms with E-state index in [1.54, 1.807) is 0 Å². The van der Waals surface area contributed by atoms with Gasteiger partial charge in [0.25, 0.3) is 0 Å². The van der Waals surface area contributed by atoms with Gasteiger partial charge in [0.05, 0.1) is 0 Å². The number of carbonyl (C=O) groups is 1. The molecule has 0 unspecified atom stereocenters. The number of hydrogen-bond acceptors (Lipinski definition) is 3. The van der Waals surface area contributed by atoms with E-state index in [4.69, 9.17) is 0 Å². The molecule has 0 radical (unpaired) electrons. The van der Waals surface area contributed by atoms with E-state index in [-0.39, 0.29) is 12.1 Å². The van der Waals surface area contributed by atoms with Crippen LogP contribution >= 0.6 is 0 Å². The lowest BCUT2D eigenvalue weighted by Crippen LogP contribution is -2.48. The molecule has 96 valence electrons. The molecule has 0 saturated carbocycles. The second-order valence-corrected chi connectivity index (χ2v) is 4.25. The van der Waals surface area contributed by atoms with Gasteiger partial charge in [-0.3, -0.25) is 0 Å². The molecule has 16 heavy (non-hydrogen) atoms. The molecule has 0 aromatic heterocycles. The van der Waals surface area contributed by atoms with Crippen molar-refractivity contribution in [3.05, 3.63) is 0 Å². The van der Waals surface area contributed by atoms with E-state index in [2.05, 4.69) is 10.1 Å². The minimum Gasteiger partial charge on any atom is -0.440 e. The molecule has 0 rings (SSSR count). The number of nitrogens with one attached hydrogen (secondary N) is 1. The van der Waals surface area contributed by atoms with Crippen LogP contribution in [0.25, 0.3) is 0 Å². The van der Waals surface area contributed by atoms with Gasteiger partial charge in [0.15, 0.2) is 6.61 Å². The van der Waals surface area contributed by atoms with Crippen molar-refractivity contribution in [1.82, 2.24) is 10.2 Å². The van der Waals surface area contributed by atoms with Crippen molar-refractivity contribution in [2.24, 2.45) is 0 Å². The Kier molecular flexibility index (Phi) is 5.05. The maximum Gasteiger partial charge on any atom is 0.422 e. The van der Waals surface area contributed by atoms with Crippen LogP contribution in [0.4, 0.5) is 18.0 Å². The SMILES string of the molecule is CN(C)C(C)(C)CNC(=O)OCC(F)(F)F. The summed E-state index contributed by atoms with van der Waals surface area (Å²) in [6.45, 7) is 2.33. The average Bonchev–Trinajstić information content (AvgIpc) is 2.10. The first-order chi connectivity index (χ1) is 7.04. The van der Waals surface area contributed by atoms with Gasteiger partial charge in [0, 0.05) is 12.1 Å². The van der Waals surface area contributed by atoms with Crippen molar-refractivity contribution in [2.45, 2.75) is 25.6 Å². The molecule has 0 spiro atoms. The Morgan fingerprint density at radius 1 is 1.31 bits per heavy atom. The highest BCUT2D eigenvalue weighted by molar-refractivity contribution is 5.67. The van der Waals surface area contributed by atoms with Gasteiger partial charge in [-0.2, -0.15) is 13.2 Å². The minimum atomic E-state index is -4.49. The Balaban J connectivity index is 3.91. The van der Waals surface area contributed by atoms with Gasteiger partial charge in [-0.1, -0.05) is 0 Å². The highest BCUT2D eigenvalue weighted by Crippen LogP contribution is 2.14. The molecule has 4 nitrogen and oxygen atoms in total. The van der Waals surface area contributed by atoms with Crippen LogP contribution in [0.2, 0.25) is 0 Å². The number of likely N-dealkylation sites (N-methyl/N-ethyl adjacent to an activating group) is 1. The number of ether oxygens (including phenoxy) is 1. The number of amides is 1. The van der Waals surface area contributed by atoms with Crippen LogP contribution < -0.4 is 5.32 Å². The van der Waals surface area contributed by atoms with E-state index in [0.717, 1.165) is 0 Å². The Morgan fingerprint density at radius 3 is 2.19 bits per heavy atom. The van der Waals surface area contributed by atoms with Crippen molar-refractivity contribution < 1.29 is 22.7 Å². The van der Waals surface area contributed by atoms with Gasteiger partial charge in [-0.25, -0.2) is 4.79 Å². The van der Waals surface area contributed by atoms with Crippen molar-refractivity contribution in [3.8, 4) is 0 Å². The second-order valence-electron chi connectivity index (χ2n) is 4.25. The Morgan fingerprint density at radius 2 is 1.81 bits per heavy atom. The lowest BCUT2D eigenvalue weighted by molar-refractivity contribution is -0.160. The molecule has 0 aromatic rings. The molecule has 0 aromatic carbocycles. The van der Waals surface area contributed by atoms with Crippen LogP contribution in [0.5, 0.6) is 0 Å². The summed E-state index contributed by atoms with van der Waals surface area (Å²) in [6, 6.07) is 0. The quantitative estimate of drug-likeness (QED) is 0.814. The number of alkyl carbamates (subject to hydrolysis) is 1. The third-order valence-electron chi connectivity index (χ3n) is 2.24. The van der Waals surface area contributed by atoms with Crippen LogP contribution in [-0.4, -0.2) is 50.0 Å². The Labute approximate surface area is 92.7 Å². The van der Waals surface area contributed by atoms with Crippen molar-refractivity contribution in [3.63, 3.8) is 0 Å². The third kappa shape index (κ3) is 6.49. The zero-order valence-electron chi connectivity index (χ0n) is 9.81. The molecular formula is C9H17F3N2O2. The summed E-state index contributed by atoms with van der Waals surface area (Å²) in [7, 11) is 3.62. The monoisotopic (exact) mass is 242 g/mol. The van der Waals surface area contributed by atoms with Crippen LogP contribution in [0.1, 0.15) is 13.8 Å². The topological polar surface area (TPSA) is 41.6 Å². The fourth-order valence-corrected chi connectivity index (χ4v) is 0.645. The first-order valence-electron chi connectivity index (χ1n) is 4.69. The normalized spacial score (nSPS) is 12.8. The number of nitrogens with zero attached hydrogens (tertiary/aromatic N) is 1. The second kappa shape index (κ2) is 5.38. The summed E-state index contributed by atoms with van der Waals surface area (Å²) in [4.78, 5) is 12.8. The molecule has 0 aliphatic heterocycles. The first-order valence-corrected chi connectivity index (χ1v) is 4.69. The number of alkyl halides is 3. The van der Waals surface area contributed by atoms with Crippen molar-refractivity contribution in [2.75, 3.05) is 27.2 Å². The maximum absolute atomic E-state index is 11.7. The van der Waals surface area contributed by atoms with E-state index in [9.17, 15) is 18.0 Å². The fraction of sp³-hybridized carbons (Fsp3) is 0.889. The Hall–Kier alpha value is -0.980. The largest absolute Gasteiger partial charge is 0.440 e. The molecule has 0 aliphatic carbocycles. The molecule has 1 N–H and O–H groups in total. The van der Waals surface area contributed by atoms with Gasteiger partial charge in [-0.05, 0) is 27.9 Å². The van der Waals surface area contributed by atoms with Gasteiger partial charge in [0.2, 0.25) is 0 Å². The summed E-state index contributed by atoms with van der Waals surface area (Å²) < 4.78 is 39.1. The van der Waals surface area contributed by atoms with Crippen LogP contribution in [0.15, 0.2) is 0 Å². The van der Waals surface area contributed by atoms with E-state index < -0.39 is 18.9 Å². The Bertz CT molecular complexity index is 239.